The number of piperidine rings is 1. The van der Waals surface area contributed by atoms with Gasteiger partial charge in [0.1, 0.15) is 6.54 Å². The highest BCUT2D eigenvalue weighted by Gasteiger charge is 2.27. The number of benzene rings is 3. The van der Waals surface area contributed by atoms with E-state index in [2.05, 4.69) is 63.3 Å². The molecule has 5 rings (SSSR count). The zero-order valence-corrected chi connectivity index (χ0v) is 22.9. The summed E-state index contributed by atoms with van der Waals surface area (Å²) in [6.45, 7) is 7.04. The SMILES string of the molecule is CC(C)NC(=O)Cn1c(-c2ccccc2)c(CN2CCC(c3c(Cl)cccc3Cl)CC2)c2ccccc21. The number of carbonyl (C=O) groups is 1. The lowest BCUT2D eigenvalue weighted by Gasteiger charge is -2.33. The van der Waals surface area contributed by atoms with Crippen molar-refractivity contribution in [1.29, 1.82) is 0 Å². The Balaban J connectivity index is 1.48. The van der Waals surface area contributed by atoms with Gasteiger partial charge in [-0.2, -0.15) is 0 Å². The molecule has 37 heavy (non-hydrogen) atoms. The maximum absolute atomic E-state index is 12.9. The molecule has 0 atom stereocenters. The van der Waals surface area contributed by atoms with Crippen LogP contribution in [0.25, 0.3) is 22.2 Å². The van der Waals surface area contributed by atoms with Crippen molar-refractivity contribution >= 4 is 40.0 Å². The van der Waals surface area contributed by atoms with Gasteiger partial charge in [0.05, 0.1) is 5.69 Å². The number of rotatable bonds is 7. The van der Waals surface area contributed by atoms with Crippen LogP contribution in [0.4, 0.5) is 0 Å². The van der Waals surface area contributed by atoms with Crippen LogP contribution in [0.1, 0.15) is 43.7 Å². The smallest absolute Gasteiger partial charge is 0.240 e. The fraction of sp³-hybridized carbons (Fsp3) is 0.323. The van der Waals surface area contributed by atoms with Crippen molar-refractivity contribution in [1.82, 2.24) is 14.8 Å². The number of hydrogen-bond acceptors (Lipinski definition) is 2. The van der Waals surface area contributed by atoms with Gasteiger partial charge in [0, 0.05) is 33.5 Å². The standard InChI is InChI=1S/C31H33Cl2N3O/c1-21(2)34-29(37)20-36-28-14-7-6-11-24(28)25(31(36)23-9-4-3-5-10-23)19-35-17-15-22(16-18-35)30-26(32)12-8-13-27(30)33/h3-14,21-22H,15-20H2,1-2H3,(H,34,37). The summed E-state index contributed by atoms with van der Waals surface area (Å²) in [6.07, 6.45) is 2.03. The Morgan fingerprint density at radius 1 is 0.919 bits per heavy atom. The van der Waals surface area contributed by atoms with Crippen LogP contribution in [0.5, 0.6) is 0 Å². The lowest BCUT2D eigenvalue weighted by Crippen LogP contribution is -2.33. The first kappa shape index (κ1) is 25.8. The molecule has 0 aliphatic carbocycles. The number of para-hydroxylation sites is 1. The lowest BCUT2D eigenvalue weighted by atomic mass is 9.89. The molecule has 4 nitrogen and oxygen atoms in total. The highest BCUT2D eigenvalue weighted by atomic mass is 35.5. The molecule has 0 bridgehead atoms. The quantitative estimate of drug-likeness (QED) is 0.266. The Kier molecular flexibility index (Phi) is 7.89. The summed E-state index contributed by atoms with van der Waals surface area (Å²) in [5, 5.41) is 5.79. The van der Waals surface area contributed by atoms with Crippen LogP contribution in [-0.2, 0) is 17.9 Å². The van der Waals surface area contributed by atoms with Gasteiger partial charge in [-0.25, -0.2) is 0 Å². The third kappa shape index (κ3) is 5.57. The molecule has 6 heteroatoms. The maximum Gasteiger partial charge on any atom is 0.240 e. The summed E-state index contributed by atoms with van der Waals surface area (Å²) < 4.78 is 2.19. The maximum atomic E-state index is 12.9. The average Bonchev–Trinajstić information content (AvgIpc) is 3.18. The van der Waals surface area contributed by atoms with Gasteiger partial charge < -0.3 is 9.88 Å². The molecule has 1 N–H and O–H groups in total. The number of fused-ring (bicyclic) bond motifs is 1. The molecule has 0 spiro atoms. The fourth-order valence-corrected chi connectivity index (χ4v) is 6.35. The number of amides is 1. The number of nitrogens with one attached hydrogen (secondary N) is 1. The van der Waals surface area contributed by atoms with Crippen LogP contribution in [0.2, 0.25) is 10.0 Å². The Bertz CT molecular complexity index is 1370. The average molecular weight is 535 g/mol. The van der Waals surface area contributed by atoms with E-state index in [-0.39, 0.29) is 18.5 Å². The summed E-state index contributed by atoms with van der Waals surface area (Å²) in [5.74, 6) is 0.393. The molecule has 1 aliphatic rings. The molecule has 192 valence electrons. The molecule has 0 unspecified atom stereocenters. The summed E-state index contributed by atoms with van der Waals surface area (Å²) in [4.78, 5) is 15.4. The van der Waals surface area contributed by atoms with E-state index in [1.165, 1.54) is 10.9 Å². The molecule has 0 saturated carbocycles. The van der Waals surface area contributed by atoms with E-state index in [1.54, 1.807) is 0 Å². The molecule has 2 heterocycles. The van der Waals surface area contributed by atoms with E-state index in [9.17, 15) is 4.79 Å². The normalized spacial score (nSPS) is 14.9. The predicted octanol–water partition coefficient (Wildman–Crippen LogP) is 7.52. The third-order valence-corrected chi connectivity index (χ3v) is 7.91. The molecule has 0 radical (unpaired) electrons. The lowest BCUT2D eigenvalue weighted by molar-refractivity contribution is -0.122. The van der Waals surface area contributed by atoms with Crippen molar-refractivity contribution in [2.24, 2.45) is 0 Å². The van der Waals surface area contributed by atoms with Gasteiger partial charge in [-0.1, -0.05) is 77.8 Å². The predicted molar refractivity (Wildman–Crippen MR) is 154 cm³/mol. The molecule has 1 amide bonds. The second-order valence-electron chi connectivity index (χ2n) is 10.2. The fourth-order valence-electron chi connectivity index (χ4n) is 5.64. The topological polar surface area (TPSA) is 37.3 Å². The van der Waals surface area contributed by atoms with E-state index in [1.807, 2.05) is 38.1 Å². The van der Waals surface area contributed by atoms with Crippen molar-refractivity contribution in [2.45, 2.75) is 51.7 Å². The summed E-state index contributed by atoms with van der Waals surface area (Å²) in [7, 11) is 0. The van der Waals surface area contributed by atoms with Gasteiger partial charge in [-0.3, -0.25) is 9.69 Å². The van der Waals surface area contributed by atoms with Crippen LogP contribution in [0, 0.1) is 0 Å². The van der Waals surface area contributed by atoms with Gasteiger partial charge in [-0.05, 0) is 80.6 Å². The van der Waals surface area contributed by atoms with Gasteiger partial charge in [0.15, 0.2) is 0 Å². The minimum Gasteiger partial charge on any atom is -0.352 e. The van der Waals surface area contributed by atoms with E-state index < -0.39 is 0 Å². The second-order valence-corrected chi connectivity index (χ2v) is 11.0. The Morgan fingerprint density at radius 3 is 2.24 bits per heavy atom. The highest BCUT2D eigenvalue weighted by molar-refractivity contribution is 6.36. The Morgan fingerprint density at radius 2 is 1.57 bits per heavy atom. The molecule has 1 fully saturated rings. The molecule has 1 aliphatic heterocycles. The first-order valence-corrected chi connectivity index (χ1v) is 13.8. The van der Waals surface area contributed by atoms with Crippen LogP contribution in [0.15, 0.2) is 72.8 Å². The highest BCUT2D eigenvalue weighted by Crippen LogP contribution is 2.39. The number of hydrogen-bond donors (Lipinski definition) is 1. The van der Waals surface area contributed by atoms with E-state index in [4.69, 9.17) is 23.2 Å². The van der Waals surface area contributed by atoms with Crippen molar-refractivity contribution in [3.8, 4) is 11.3 Å². The van der Waals surface area contributed by atoms with Crippen LogP contribution in [-0.4, -0.2) is 34.5 Å². The van der Waals surface area contributed by atoms with E-state index >= 15 is 0 Å². The van der Waals surface area contributed by atoms with Crippen LogP contribution >= 0.6 is 23.2 Å². The van der Waals surface area contributed by atoms with Crippen molar-refractivity contribution in [2.75, 3.05) is 13.1 Å². The number of aromatic nitrogens is 1. The van der Waals surface area contributed by atoms with Gasteiger partial charge in [0.25, 0.3) is 0 Å². The second kappa shape index (κ2) is 11.3. The minimum atomic E-state index is 0.0249. The zero-order chi connectivity index (χ0) is 25.9. The number of halogens is 2. The van der Waals surface area contributed by atoms with E-state index in [0.717, 1.165) is 64.9 Å². The monoisotopic (exact) mass is 533 g/mol. The van der Waals surface area contributed by atoms with Gasteiger partial charge in [0.2, 0.25) is 5.91 Å². The summed E-state index contributed by atoms with van der Waals surface area (Å²) >= 11 is 13.1. The molecule has 3 aromatic carbocycles. The van der Waals surface area contributed by atoms with Crippen molar-refractivity contribution in [3.05, 3.63) is 94.0 Å². The first-order chi connectivity index (χ1) is 17.9. The molecular formula is C31H33Cl2N3O. The number of carbonyl (C=O) groups excluding carboxylic acids is 1. The number of likely N-dealkylation sites (tertiary alicyclic amines) is 1. The van der Waals surface area contributed by atoms with Crippen LogP contribution < -0.4 is 5.32 Å². The van der Waals surface area contributed by atoms with Crippen molar-refractivity contribution < 1.29 is 4.79 Å². The Labute approximate surface area is 229 Å². The summed E-state index contributed by atoms with van der Waals surface area (Å²) in [6, 6.07) is 24.8. The Hall–Kier alpha value is -2.79. The largest absolute Gasteiger partial charge is 0.352 e. The number of nitrogens with zero attached hydrogens (tertiary/aromatic N) is 2. The molecule has 1 aromatic heterocycles. The van der Waals surface area contributed by atoms with E-state index in [0.29, 0.717) is 5.92 Å². The van der Waals surface area contributed by atoms with Gasteiger partial charge in [-0.15, -0.1) is 0 Å². The van der Waals surface area contributed by atoms with Crippen LogP contribution in [0.3, 0.4) is 0 Å². The minimum absolute atomic E-state index is 0.0249. The van der Waals surface area contributed by atoms with Crippen molar-refractivity contribution in [3.63, 3.8) is 0 Å². The van der Waals surface area contributed by atoms with Gasteiger partial charge >= 0.3 is 0 Å². The molecule has 1 saturated heterocycles. The third-order valence-electron chi connectivity index (χ3n) is 7.25. The summed E-state index contributed by atoms with van der Waals surface area (Å²) in [5.41, 5.74) is 5.70. The first-order valence-electron chi connectivity index (χ1n) is 13.0. The molecule has 4 aromatic rings. The molecular weight excluding hydrogens is 501 g/mol. The zero-order valence-electron chi connectivity index (χ0n) is 21.4.